The van der Waals surface area contributed by atoms with Crippen molar-refractivity contribution in [2.45, 2.75) is 39.8 Å². The number of rotatable bonds is 4. The Morgan fingerprint density at radius 3 is 2.24 bits per heavy atom. The van der Waals surface area contributed by atoms with E-state index in [4.69, 9.17) is 0 Å². The Balaban J connectivity index is 2.32. The minimum atomic E-state index is -0.261. The fraction of sp³-hybridized carbons (Fsp3) is 0.353. The molecule has 0 bridgehead atoms. The lowest BCUT2D eigenvalue weighted by Crippen LogP contribution is -2.41. The van der Waals surface area contributed by atoms with E-state index in [0.717, 1.165) is 4.88 Å². The third-order valence-corrected chi connectivity index (χ3v) is 4.41. The van der Waals surface area contributed by atoms with Crippen molar-refractivity contribution in [2.75, 3.05) is 0 Å². The van der Waals surface area contributed by atoms with Crippen LogP contribution in [0.5, 0.6) is 0 Å². The Bertz CT molecular complexity index is 625. The smallest absolute Gasteiger partial charge is 0.264 e. The van der Waals surface area contributed by atoms with Gasteiger partial charge in [-0.25, -0.2) is 4.39 Å². The van der Waals surface area contributed by atoms with Gasteiger partial charge in [-0.1, -0.05) is 18.2 Å². The van der Waals surface area contributed by atoms with Crippen molar-refractivity contribution in [3.8, 4) is 10.4 Å². The van der Waals surface area contributed by atoms with Gasteiger partial charge in [0, 0.05) is 22.5 Å². The standard InChI is InChI=1S/C17H20FNOS/c1-11(2)19(12(3)4)17(20)16-10-9-15(21-16)13-7-5-6-8-14(13)18/h5-12H,1-4H3. The first-order valence-corrected chi connectivity index (χ1v) is 7.91. The van der Waals surface area contributed by atoms with E-state index in [-0.39, 0.29) is 23.8 Å². The topological polar surface area (TPSA) is 20.3 Å². The summed E-state index contributed by atoms with van der Waals surface area (Å²) in [5.41, 5.74) is 0.544. The largest absolute Gasteiger partial charge is 0.333 e. The van der Waals surface area contributed by atoms with Gasteiger partial charge in [0.15, 0.2) is 0 Å². The third-order valence-electron chi connectivity index (χ3n) is 3.30. The molecule has 1 aromatic carbocycles. The van der Waals surface area contributed by atoms with Crippen molar-refractivity contribution in [1.29, 1.82) is 0 Å². The second-order valence-electron chi connectivity index (χ2n) is 5.54. The number of hydrogen-bond donors (Lipinski definition) is 0. The quantitative estimate of drug-likeness (QED) is 0.793. The van der Waals surface area contributed by atoms with E-state index in [2.05, 4.69) is 0 Å². The van der Waals surface area contributed by atoms with Crippen molar-refractivity contribution >= 4 is 17.2 Å². The molecule has 2 rings (SSSR count). The Morgan fingerprint density at radius 1 is 1.05 bits per heavy atom. The molecule has 0 aliphatic heterocycles. The molecule has 1 aromatic heterocycles. The molecule has 0 spiro atoms. The zero-order valence-corrected chi connectivity index (χ0v) is 13.6. The van der Waals surface area contributed by atoms with Gasteiger partial charge in [-0.05, 0) is 45.9 Å². The fourth-order valence-electron chi connectivity index (χ4n) is 2.45. The molecule has 1 amide bonds. The molecular weight excluding hydrogens is 285 g/mol. The fourth-order valence-corrected chi connectivity index (χ4v) is 3.43. The molecule has 112 valence electrons. The molecule has 0 saturated carbocycles. The average Bonchev–Trinajstić information content (AvgIpc) is 2.87. The van der Waals surface area contributed by atoms with Crippen LogP contribution in [0.3, 0.4) is 0 Å². The van der Waals surface area contributed by atoms with E-state index >= 15 is 0 Å². The monoisotopic (exact) mass is 305 g/mol. The van der Waals surface area contributed by atoms with Crippen molar-refractivity contribution in [3.63, 3.8) is 0 Å². The van der Waals surface area contributed by atoms with Crippen LogP contribution in [0, 0.1) is 5.82 Å². The van der Waals surface area contributed by atoms with Crippen LogP contribution < -0.4 is 0 Å². The van der Waals surface area contributed by atoms with Crippen LogP contribution in [-0.4, -0.2) is 22.9 Å². The predicted molar refractivity (Wildman–Crippen MR) is 86.2 cm³/mol. The molecule has 0 unspecified atom stereocenters. The van der Waals surface area contributed by atoms with E-state index in [0.29, 0.717) is 10.4 Å². The van der Waals surface area contributed by atoms with Crippen LogP contribution >= 0.6 is 11.3 Å². The summed E-state index contributed by atoms with van der Waals surface area (Å²) in [6.07, 6.45) is 0. The maximum absolute atomic E-state index is 13.8. The number of carbonyl (C=O) groups is 1. The predicted octanol–water partition coefficient (Wildman–Crippen LogP) is 4.81. The zero-order valence-electron chi connectivity index (χ0n) is 12.8. The summed E-state index contributed by atoms with van der Waals surface area (Å²) in [7, 11) is 0. The second kappa shape index (κ2) is 6.39. The molecule has 0 radical (unpaired) electrons. The number of amides is 1. The van der Waals surface area contributed by atoms with Gasteiger partial charge in [0.1, 0.15) is 5.82 Å². The Labute approximate surface area is 129 Å². The summed E-state index contributed by atoms with van der Waals surface area (Å²) in [6.45, 7) is 8.01. The zero-order chi connectivity index (χ0) is 15.6. The van der Waals surface area contributed by atoms with Gasteiger partial charge in [-0.15, -0.1) is 11.3 Å². The lowest BCUT2D eigenvalue weighted by Gasteiger charge is -2.30. The number of hydrogen-bond acceptors (Lipinski definition) is 2. The van der Waals surface area contributed by atoms with Gasteiger partial charge >= 0.3 is 0 Å². The van der Waals surface area contributed by atoms with Gasteiger partial charge in [-0.3, -0.25) is 4.79 Å². The van der Waals surface area contributed by atoms with Crippen molar-refractivity contribution in [3.05, 3.63) is 47.1 Å². The molecule has 0 fully saturated rings. The van der Waals surface area contributed by atoms with E-state index < -0.39 is 0 Å². The molecule has 0 atom stereocenters. The maximum Gasteiger partial charge on any atom is 0.264 e. The molecule has 2 nitrogen and oxygen atoms in total. The van der Waals surface area contributed by atoms with Crippen molar-refractivity contribution in [2.24, 2.45) is 0 Å². The molecule has 0 N–H and O–H groups in total. The molecule has 2 aromatic rings. The Morgan fingerprint density at radius 2 is 1.67 bits per heavy atom. The lowest BCUT2D eigenvalue weighted by atomic mass is 10.2. The summed E-state index contributed by atoms with van der Waals surface area (Å²) in [6, 6.07) is 10.5. The highest BCUT2D eigenvalue weighted by molar-refractivity contribution is 7.17. The van der Waals surface area contributed by atoms with Gasteiger partial charge in [-0.2, -0.15) is 0 Å². The molecule has 4 heteroatoms. The van der Waals surface area contributed by atoms with E-state index in [1.54, 1.807) is 24.3 Å². The first-order valence-electron chi connectivity index (χ1n) is 7.09. The van der Waals surface area contributed by atoms with Crippen LogP contribution in [0.15, 0.2) is 36.4 Å². The highest BCUT2D eigenvalue weighted by atomic mass is 32.1. The third kappa shape index (κ3) is 3.32. The lowest BCUT2D eigenvalue weighted by molar-refractivity contribution is 0.0649. The molecule has 0 aliphatic carbocycles. The highest BCUT2D eigenvalue weighted by Gasteiger charge is 2.23. The van der Waals surface area contributed by atoms with E-state index in [9.17, 15) is 9.18 Å². The summed E-state index contributed by atoms with van der Waals surface area (Å²) in [5, 5.41) is 0. The highest BCUT2D eigenvalue weighted by Crippen LogP contribution is 2.31. The summed E-state index contributed by atoms with van der Waals surface area (Å²) >= 11 is 1.34. The van der Waals surface area contributed by atoms with Gasteiger partial charge in [0.25, 0.3) is 5.91 Å². The number of halogens is 1. The normalized spacial score (nSPS) is 11.2. The van der Waals surface area contributed by atoms with E-state index in [1.165, 1.54) is 17.4 Å². The number of thiophene rings is 1. The molecule has 0 saturated heterocycles. The maximum atomic E-state index is 13.8. The molecule has 0 aliphatic rings. The minimum absolute atomic E-state index is 0.00703. The number of carbonyl (C=O) groups excluding carboxylic acids is 1. The van der Waals surface area contributed by atoms with Crippen molar-refractivity contribution < 1.29 is 9.18 Å². The first-order chi connectivity index (χ1) is 9.91. The Kier molecular flexibility index (Phi) is 4.78. The Hall–Kier alpha value is -1.68. The molecule has 1 heterocycles. The van der Waals surface area contributed by atoms with Crippen LogP contribution in [0.2, 0.25) is 0 Å². The van der Waals surface area contributed by atoms with Crippen molar-refractivity contribution in [1.82, 2.24) is 4.90 Å². The summed E-state index contributed by atoms with van der Waals surface area (Å²) in [5.74, 6) is -0.254. The van der Waals surface area contributed by atoms with Crippen LogP contribution in [0.25, 0.3) is 10.4 Å². The minimum Gasteiger partial charge on any atom is -0.333 e. The van der Waals surface area contributed by atoms with Gasteiger partial charge in [0.05, 0.1) is 4.88 Å². The van der Waals surface area contributed by atoms with Gasteiger partial charge in [0.2, 0.25) is 0 Å². The van der Waals surface area contributed by atoms with Gasteiger partial charge < -0.3 is 4.90 Å². The SMILES string of the molecule is CC(C)N(C(=O)c1ccc(-c2ccccc2F)s1)C(C)C. The average molecular weight is 305 g/mol. The van der Waals surface area contributed by atoms with Crippen LogP contribution in [0.1, 0.15) is 37.4 Å². The summed E-state index contributed by atoms with van der Waals surface area (Å²) in [4.78, 5) is 15.9. The number of benzene rings is 1. The summed E-state index contributed by atoms with van der Waals surface area (Å²) < 4.78 is 13.8. The second-order valence-corrected chi connectivity index (χ2v) is 6.63. The van der Waals surface area contributed by atoms with Crippen LogP contribution in [-0.2, 0) is 0 Å². The van der Waals surface area contributed by atoms with E-state index in [1.807, 2.05) is 38.7 Å². The molecular formula is C17H20FNOS. The molecule has 21 heavy (non-hydrogen) atoms. The number of nitrogens with zero attached hydrogens (tertiary/aromatic N) is 1. The van der Waals surface area contributed by atoms with Crippen LogP contribution in [0.4, 0.5) is 4.39 Å². The first kappa shape index (κ1) is 15.7.